The third-order valence-electron chi connectivity index (χ3n) is 5.79. The van der Waals surface area contributed by atoms with Gasteiger partial charge in [0, 0.05) is 31.8 Å². The van der Waals surface area contributed by atoms with Gasteiger partial charge in [-0.25, -0.2) is 18.0 Å². The van der Waals surface area contributed by atoms with E-state index in [9.17, 15) is 22.8 Å². The van der Waals surface area contributed by atoms with E-state index in [1.807, 2.05) is 0 Å². The summed E-state index contributed by atoms with van der Waals surface area (Å²) in [5.74, 6) is -4.96. The van der Waals surface area contributed by atoms with Crippen molar-refractivity contribution in [3.8, 4) is 11.3 Å². The second-order valence-electron chi connectivity index (χ2n) is 7.71. The molecular formula is C22H17F3N4O3. The summed E-state index contributed by atoms with van der Waals surface area (Å²) in [5.41, 5.74) is 2.96. The average Bonchev–Trinajstić information content (AvgIpc) is 3.25. The van der Waals surface area contributed by atoms with Crippen LogP contribution in [0.1, 0.15) is 21.6 Å². The Labute approximate surface area is 179 Å². The summed E-state index contributed by atoms with van der Waals surface area (Å²) in [6.07, 6.45) is 0.388. The molecular weight excluding hydrogens is 425 g/mol. The molecule has 10 heteroatoms. The highest BCUT2D eigenvalue weighted by Crippen LogP contribution is 2.32. The Kier molecular flexibility index (Phi) is 4.47. The molecule has 5 rings (SSSR count). The third-order valence-corrected chi connectivity index (χ3v) is 5.79. The van der Waals surface area contributed by atoms with Gasteiger partial charge in [-0.3, -0.25) is 14.0 Å². The second-order valence-corrected chi connectivity index (χ2v) is 7.71. The molecule has 2 aromatic heterocycles. The molecule has 1 aliphatic rings. The van der Waals surface area contributed by atoms with E-state index in [2.05, 4.69) is 5.10 Å². The quantitative estimate of drug-likeness (QED) is 0.447. The molecule has 0 aliphatic carbocycles. The van der Waals surface area contributed by atoms with Crippen LogP contribution in [0.25, 0.3) is 22.4 Å². The van der Waals surface area contributed by atoms with Crippen LogP contribution in [0, 0.1) is 17.5 Å². The summed E-state index contributed by atoms with van der Waals surface area (Å²) in [6, 6.07) is 6.83. The molecule has 0 N–H and O–H groups in total. The Balaban J connectivity index is 1.51. The maximum absolute atomic E-state index is 13.8. The Morgan fingerprint density at radius 1 is 1.12 bits per heavy atom. The first kappa shape index (κ1) is 20.1. The predicted molar refractivity (Wildman–Crippen MR) is 108 cm³/mol. The topological polar surface area (TPSA) is 73.3 Å². The third kappa shape index (κ3) is 2.94. The monoisotopic (exact) mass is 442 g/mol. The number of hydrogen-bond donors (Lipinski definition) is 0. The lowest BCUT2D eigenvalue weighted by molar-refractivity contribution is 0.0733. The molecule has 2 aromatic carbocycles. The Morgan fingerprint density at radius 3 is 2.56 bits per heavy atom. The summed E-state index contributed by atoms with van der Waals surface area (Å²) in [4.78, 5) is 26.7. The van der Waals surface area contributed by atoms with Crippen LogP contribution < -0.4 is 5.76 Å². The minimum absolute atomic E-state index is 0.168. The van der Waals surface area contributed by atoms with Crippen LogP contribution in [0.2, 0.25) is 0 Å². The largest absolute Gasteiger partial charge is 0.419 e. The molecule has 32 heavy (non-hydrogen) atoms. The zero-order valence-corrected chi connectivity index (χ0v) is 17.2. The van der Waals surface area contributed by atoms with Gasteiger partial charge in [0.2, 0.25) is 0 Å². The molecule has 1 aliphatic heterocycles. The molecule has 4 aromatic rings. The first-order valence-electron chi connectivity index (χ1n) is 9.83. The number of fused-ring (bicyclic) bond motifs is 2. The molecule has 0 atom stereocenters. The van der Waals surface area contributed by atoms with E-state index in [0.717, 1.165) is 17.7 Å². The number of amides is 1. The van der Waals surface area contributed by atoms with Gasteiger partial charge in [-0.2, -0.15) is 5.10 Å². The van der Waals surface area contributed by atoms with Crippen LogP contribution in [0.4, 0.5) is 13.2 Å². The minimum atomic E-state index is -1.52. The zero-order chi connectivity index (χ0) is 22.7. The van der Waals surface area contributed by atoms with Gasteiger partial charge in [-0.05, 0) is 30.7 Å². The summed E-state index contributed by atoms with van der Waals surface area (Å²) in [7, 11) is 3.18. The van der Waals surface area contributed by atoms with Gasteiger partial charge < -0.3 is 9.32 Å². The van der Waals surface area contributed by atoms with E-state index in [1.54, 1.807) is 37.2 Å². The molecule has 1 amide bonds. The van der Waals surface area contributed by atoms with Gasteiger partial charge >= 0.3 is 5.76 Å². The highest BCUT2D eigenvalue weighted by atomic mass is 19.2. The number of rotatable bonds is 2. The number of para-hydroxylation sites is 1. The Bertz CT molecular complexity index is 1440. The molecule has 0 fully saturated rings. The predicted octanol–water partition coefficient (Wildman–Crippen LogP) is 3.15. The summed E-state index contributed by atoms with van der Waals surface area (Å²) >= 11 is 0. The molecule has 0 saturated carbocycles. The molecule has 7 nitrogen and oxygen atoms in total. The SMILES string of the molecule is Cn1nc2c(c1-c1cc(F)c(F)c(F)c1)CCN(C(=O)c1cccc3c1oc(=O)n3C)C2. The van der Waals surface area contributed by atoms with Crippen molar-refractivity contribution in [2.45, 2.75) is 13.0 Å². The number of carbonyl (C=O) groups is 1. The average molecular weight is 442 g/mol. The standard InChI is InChI=1S/C22H17F3N4O3/c1-27-17-5-3-4-13(20(17)32-22(27)31)21(30)29-7-6-12-16(10-29)26-28(2)19(12)11-8-14(23)18(25)15(24)9-11/h3-5,8-9H,6-7,10H2,1-2H3. The highest BCUT2D eigenvalue weighted by Gasteiger charge is 2.29. The second kappa shape index (κ2) is 7.11. The van der Waals surface area contributed by atoms with Crippen molar-refractivity contribution >= 4 is 17.0 Å². The molecule has 3 heterocycles. The van der Waals surface area contributed by atoms with E-state index >= 15 is 0 Å². The van der Waals surface area contributed by atoms with Gasteiger partial charge in [-0.15, -0.1) is 0 Å². The minimum Gasteiger partial charge on any atom is -0.407 e. The maximum Gasteiger partial charge on any atom is 0.419 e. The van der Waals surface area contributed by atoms with Gasteiger partial charge in [-0.1, -0.05) is 6.07 Å². The van der Waals surface area contributed by atoms with E-state index in [4.69, 9.17) is 4.42 Å². The van der Waals surface area contributed by atoms with Crippen molar-refractivity contribution in [2.24, 2.45) is 14.1 Å². The fourth-order valence-corrected chi connectivity index (χ4v) is 4.24. The zero-order valence-electron chi connectivity index (χ0n) is 17.2. The lowest BCUT2D eigenvalue weighted by atomic mass is 9.99. The van der Waals surface area contributed by atoms with E-state index in [-0.39, 0.29) is 29.2 Å². The van der Waals surface area contributed by atoms with Crippen molar-refractivity contribution in [3.63, 3.8) is 0 Å². The number of benzene rings is 2. The number of nitrogens with zero attached hydrogens (tertiary/aromatic N) is 4. The van der Waals surface area contributed by atoms with Crippen LogP contribution in [-0.4, -0.2) is 31.7 Å². The molecule has 0 bridgehead atoms. The van der Waals surface area contributed by atoms with E-state index < -0.39 is 23.2 Å². The summed E-state index contributed by atoms with van der Waals surface area (Å²) in [6.45, 7) is 0.492. The molecule has 164 valence electrons. The smallest absolute Gasteiger partial charge is 0.407 e. The first-order chi connectivity index (χ1) is 15.3. The number of oxazole rings is 1. The van der Waals surface area contributed by atoms with E-state index in [0.29, 0.717) is 29.9 Å². The summed E-state index contributed by atoms with van der Waals surface area (Å²) < 4.78 is 49.0. The van der Waals surface area contributed by atoms with Gasteiger partial charge in [0.25, 0.3) is 5.91 Å². The summed E-state index contributed by atoms with van der Waals surface area (Å²) in [5, 5.41) is 4.42. The normalized spacial score (nSPS) is 13.6. The van der Waals surface area contributed by atoms with Gasteiger partial charge in [0.1, 0.15) is 0 Å². The number of aromatic nitrogens is 3. The lowest BCUT2D eigenvalue weighted by Crippen LogP contribution is -2.36. The molecule has 0 radical (unpaired) electrons. The number of carbonyl (C=O) groups excluding carboxylic acids is 1. The van der Waals surface area contributed by atoms with E-state index in [1.165, 1.54) is 9.25 Å². The molecule has 0 saturated heterocycles. The number of hydrogen-bond acceptors (Lipinski definition) is 4. The van der Waals surface area contributed by atoms with Crippen molar-refractivity contribution in [1.29, 1.82) is 0 Å². The Hall–Kier alpha value is -3.82. The maximum atomic E-state index is 13.8. The van der Waals surface area contributed by atoms with Gasteiger partial charge in [0.15, 0.2) is 23.0 Å². The fraction of sp³-hybridized carbons (Fsp3) is 0.227. The lowest BCUT2D eigenvalue weighted by Gasteiger charge is -2.26. The molecule has 0 spiro atoms. The Morgan fingerprint density at radius 2 is 1.84 bits per heavy atom. The van der Waals surface area contributed by atoms with Crippen molar-refractivity contribution in [2.75, 3.05) is 6.54 Å². The first-order valence-corrected chi connectivity index (χ1v) is 9.83. The van der Waals surface area contributed by atoms with Crippen molar-refractivity contribution in [1.82, 2.24) is 19.2 Å². The van der Waals surface area contributed by atoms with Crippen LogP contribution in [-0.2, 0) is 27.1 Å². The van der Waals surface area contributed by atoms with Crippen LogP contribution in [0.15, 0.2) is 39.5 Å². The number of halogens is 3. The van der Waals surface area contributed by atoms with Crippen LogP contribution >= 0.6 is 0 Å². The van der Waals surface area contributed by atoms with Crippen LogP contribution in [0.3, 0.4) is 0 Å². The number of aryl methyl sites for hydroxylation is 2. The highest BCUT2D eigenvalue weighted by molar-refractivity contribution is 6.04. The van der Waals surface area contributed by atoms with Crippen molar-refractivity contribution < 1.29 is 22.4 Å². The molecule has 0 unspecified atom stereocenters. The van der Waals surface area contributed by atoms with Crippen LogP contribution in [0.5, 0.6) is 0 Å². The van der Waals surface area contributed by atoms with Crippen molar-refractivity contribution in [3.05, 3.63) is 75.2 Å². The fourth-order valence-electron chi connectivity index (χ4n) is 4.24. The van der Waals surface area contributed by atoms with Gasteiger partial charge in [0.05, 0.1) is 29.0 Å².